The van der Waals surface area contributed by atoms with Gasteiger partial charge in [-0.25, -0.2) is 4.98 Å². The predicted octanol–water partition coefficient (Wildman–Crippen LogP) is 13.7. The third-order valence-corrected chi connectivity index (χ3v) is 12.1. The monoisotopic (exact) mass is 717 g/mol. The Balaban J connectivity index is 0.985. The fourth-order valence-corrected chi connectivity index (χ4v) is 9.43. The Labute approximate surface area is 323 Å². The van der Waals surface area contributed by atoms with Crippen molar-refractivity contribution in [1.29, 1.82) is 0 Å². The van der Waals surface area contributed by atoms with Crippen LogP contribution in [-0.2, 0) is 5.41 Å². The van der Waals surface area contributed by atoms with E-state index < -0.39 is 0 Å². The highest BCUT2D eigenvalue weighted by atomic mass is 16.3. The number of rotatable bonds is 4. The first-order valence-electron chi connectivity index (χ1n) is 19.3. The molecule has 0 saturated carbocycles. The van der Waals surface area contributed by atoms with E-state index in [-0.39, 0.29) is 5.41 Å². The summed E-state index contributed by atoms with van der Waals surface area (Å²) in [6.07, 6.45) is 0. The van der Waals surface area contributed by atoms with E-state index in [1.165, 1.54) is 44.1 Å². The first-order chi connectivity index (χ1) is 27.5. The minimum absolute atomic E-state index is 0.0990. The van der Waals surface area contributed by atoms with Gasteiger partial charge in [0, 0.05) is 38.2 Å². The number of benzene rings is 8. The molecular weight excluding hydrogens is 683 g/mol. The summed E-state index contributed by atoms with van der Waals surface area (Å²) in [5.41, 5.74) is 16.9. The zero-order valence-electron chi connectivity index (χ0n) is 31.0. The molecule has 3 heterocycles. The van der Waals surface area contributed by atoms with Crippen LogP contribution in [0.1, 0.15) is 25.0 Å². The van der Waals surface area contributed by atoms with Crippen molar-refractivity contribution < 1.29 is 4.42 Å². The van der Waals surface area contributed by atoms with Crippen LogP contribution >= 0.6 is 0 Å². The lowest BCUT2D eigenvalue weighted by Crippen LogP contribution is -2.14. The van der Waals surface area contributed by atoms with E-state index in [4.69, 9.17) is 9.40 Å². The zero-order chi connectivity index (χ0) is 37.1. The molecule has 56 heavy (non-hydrogen) atoms. The molecule has 0 radical (unpaired) electrons. The minimum Gasteiger partial charge on any atom is -0.454 e. The van der Waals surface area contributed by atoms with E-state index >= 15 is 0 Å². The van der Waals surface area contributed by atoms with E-state index in [2.05, 4.69) is 187 Å². The summed E-state index contributed by atoms with van der Waals surface area (Å²) in [6, 6.07) is 63.2. The van der Waals surface area contributed by atoms with Crippen molar-refractivity contribution in [3.05, 3.63) is 187 Å². The van der Waals surface area contributed by atoms with Crippen LogP contribution in [0.4, 0.5) is 0 Å². The van der Waals surface area contributed by atoms with Crippen molar-refractivity contribution in [2.75, 3.05) is 0 Å². The van der Waals surface area contributed by atoms with Gasteiger partial charge in [0.05, 0.1) is 27.8 Å². The van der Waals surface area contributed by atoms with Crippen LogP contribution < -0.4 is 0 Å². The molecule has 1 aliphatic carbocycles. The lowest BCUT2D eigenvalue weighted by Gasteiger charge is -2.21. The summed E-state index contributed by atoms with van der Waals surface area (Å²) < 4.78 is 11.6. The van der Waals surface area contributed by atoms with Crippen molar-refractivity contribution >= 4 is 54.8 Å². The van der Waals surface area contributed by atoms with Crippen molar-refractivity contribution in [1.82, 2.24) is 14.1 Å². The lowest BCUT2D eigenvalue weighted by molar-refractivity contribution is 0.660. The molecule has 8 aromatic carbocycles. The van der Waals surface area contributed by atoms with Gasteiger partial charge in [0.15, 0.2) is 5.58 Å². The van der Waals surface area contributed by atoms with E-state index in [0.717, 1.165) is 66.9 Å². The van der Waals surface area contributed by atoms with Crippen LogP contribution in [0.2, 0.25) is 0 Å². The predicted molar refractivity (Wildman–Crippen MR) is 231 cm³/mol. The average molecular weight is 718 g/mol. The molecule has 0 unspecified atom stereocenters. The third kappa shape index (κ3) is 4.32. The van der Waals surface area contributed by atoms with Gasteiger partial charge in [-0.15, -0.1) is 0 Å². The summed E-state index contributed by atoms with van der Waals surface area (Å²) in [5, 5.41) is 4.71. The molecule has 1 aliphatic rings. The van der Waals surface area contributed by atoms with E-state index in [1.807, 2.05) is 12.1 Å². The maximum absolute atomic E-state index is 6.91. The summed E-state index contributed by atoms with van der Waals surface area (Å²) in [4.78, 5) is 5.07. The van der Waals surface area contributed by atoms with Gasteiger partial charge in [-0.05, 0) is 94.0 Å². The Hall–Kier alpha value is -7.17. The van der Waals surface area contributed by atoms with Crippen molar-refractivity contribution in [3.63, 3.8) is 0 Å². The number of fused-ring (bicyclic) bond motifs is 10. The molecule has 0 amide bonds. The fraction of sp³-hybridized carbons (Fsp3) is 0.0577. The number of nitrogens with zero attached hydrogens (tertiary/aromatic N) is 3. The number of para-hydroxylation sites is 5. The highest BCUT2D eigenvalue weighted by Gasteiger charge is 2.36. The molecule has 12 rings (SSSR count). The topological polar surface area (TPSA) is 35.9 Å². The Morgan fingerprint density at radius 2 is 1.18 bits per heavy atom. The Morgan fingerprint density at radius 1 is 0.464 bits per heavy atom. The van der Waals surface area contributed by atoms with Gasteiger partial charge >= 0.3 is 0 Å². The van der Waals surface area contributed by atoms with Gasteiger partial charge in [-0.2, -0.15) is 0 Å². The normalized spacial score (nSPS) is 13.3. The van der Waals surface area contributed by atoms with Crippen LogP contribution in [0.15, 0.2) is 180 Å². The van der Waals surface area contributed by atoms with Crippen LogP contribution in [0.3, 0.4) is 0 Å². The van der Waals surface area contributed by atoms with Gasteiger partial charge in [0.1, 0.15) is 11.4 Å². The second-order valence-electron chi connectivity index (χ2n) is 15.6. The molecule has 264 valence electrons. The minimum atomic E-state index is -0.0990. The molecule has 0 N–H and O–H groups in total. The summed E-state index contributed by atoms with van der Waals surface area (Å²) in [5.74, 6) is 0.923. The molecule has 0 atom stereocenters. The molecule has 4 nitrogen and oxygen atoms in total. The number of hydrogen-bond donors (Lipinski definition) is 0. The maximum atomic E-state index is 6.91. The zero-order valence-corrected chi connectivity index (χ0v) is 31.0. The fourth-order valence-electron chi connectivity index (χ4n) is 9.43. The van der Waals surface area contributed by atoms with E-state index in [9.17, 15) is 0 Å². The molecule has 11 aromatic rings. The molecule has 3 aromatic heterocycles. The summed E-state index contributed by atoms with van der Waals surface area (Å²) in [6.45, 7) is 4.70. The third-order valence-electron chi connectivity index (χ3n) is 12.1. The maximum Gasteiger partial charge on any atom is 0.159 e. The largest absolute Gasteiger partial charge is 0.454 e. The van der Waals surface area contributed by atoms with Crippen molar-refractivity contribution in [2.24, 2.45) is 0 Å². The molecule has 4 heteroatoms. The SMILES string of the molecule is CC1(C)c2ccccc2-c2cc3c4ccccc4n(-c4cccc5c4oc4cc(-c6ccc(-c7nc8ccccc8n7-c7ccccc7)cc6)ccc45)c3cc21. The molecular formula is C52H35N3O. The lowest BCUT2D eigenvalue weighted by atomic mass is 9.82. The first-order valence-corrected chi connectivity index (χ1v) is 19.3. The first kappa shape index (κ1) is 31.2. The van der Waals surface area contributed by atoms with Gasteiger partial charge in [0.2, 0.25) is 0 Å². The number of imidazole rings is 1. The van der Waals surface area contributed by atoms with E-state index in [1.54, 1.807) is 0 Å². The highest BCUT2D eigenvalue weighted by molar-refractivity contribution is 6.14. The quantitative estimate of drug-likeness (QED) is 0.182. The molecule has 0 aliphatic heterocycles. The van der Waals surface area contributed by atoms with Gasteiger partial charge in [0.25, 0.3) is 0 Å². The Kier molecular flexibility index (Phi) is 6.37. The number of furan rings is 1. The van der Waals surface area contributed by atoms with Crippen LogP contribution in [0.5, 0.6) is 0 Å². The molecule has 0 fully saturated rings. The summed E-state index contributed by atoms with van der Waals surface area (Å²) >= 11 is 0. The Morgan fingerprint density at radius 3 is 2.05 bits per heavy atom. The van der Waals surface area contributed by atoms with Crippen LogP contribution in [0, 0.1) is 0 Å². The average Bonchev–Trinajstić information content (AvgIpc) is 3.97. The molecule has 0 bridgehead atoms. The standard InChI is InChI=1S/C52H35N3O/c1-52(2)42-18-8-6-15-36(42)40-30-41-37-16-7-10-20-45(37)55(48(41)31-43(40)52)47-22-12-17-39-38-28-27-34(29-49(38)56-50(39)47)32-23-25-33(26-24-32)51-53-44-19-9-11-21-46(44)54(51)35-13-4-3-5-14-35/h3-31H,1-2H3. The number of aromatic nitrogens is 3. The van der Waals surface area contributed by atoms with Crippen molar-refractivity contribution in [2.45, 2.75) is 19.3 Å². The number of hydrogen-bond acceptors (Lipinski definition) is 2. The van der Waals surface area contributed by atoms with Crippen LogP contribution in [0.25, 0.3) is 99.8 Å². The van der Waals surface area contributed by atoms with Crippen LogP contribution in [-0.4, -0.2) is 14.1 Å². The molecule has 0 spiro atoms. The Bertz CT molecular complexity index is 3380. The van der Waals surface area contributed by atoms with Gasteiger partial charge in [-0.1, -0.05) is 129 Å². The second-order valence-corrected chi connectivity index (χ2v) is 15.6. The van der Waals surface area contributed by atoms with Crippen molar-refractivity contribution in [3.8, 4) is 45.0 Å². The highest BCUT2D eigenvalue weighted by Crippen LogP contribution is 2.51. The van der Waals surface area contributed by atoms with E-state index in [0.29, 0.717) is 0 Å². The second kappa shape index (κ2) is 11.4. The summed E-state index contributed by atoms with van der Waals surface area (Å²) in [7, 11) is 0. The van der Waals surface area contributed by atoms with Gasteiger partial charge < -0.3 is 8.98 Å². The van der Waals surface area contributed by atoms with Gasteiger partial charge in [-0.3, -0.25) is 4.57 Å². The molecule has 0 saturated heterocycles. The smallest absolute Gasteiger partial charge is 0.159 e.